The Morgan fingerprint density at radius 2 is 2.06 bits per heavy atom. The van der Waals surface area contributed by atoms with E-state index in [4.69, 9.17) is 16.3 Å². The summed E-state index contributed by atoms with van der Waals surface area (Å²) in [5.74, 6) is 0.00357. The van der Waals surface area contributed by atoms with Crippen LogP contribution in [0.3, 0.4) is 0 Å². The van der Waals surface area contributed by atoms with Gasteiger partial charge in [-0.2, -0.15) is 0 Å². The predicted octanol–water partition coefficient (Wildman–Crippen LogP) is 2.03. The molecule has 0 spiro atoms. The zero-order valence-corrected chi connectivity index (χ0v) is 8.85. The van der Waals surface area contributed by atoms with Gasteiger partial charge in [-0.05, 0) is 27.5 Å². The molecular weight excluding hydrogens is 232 g/mol. The van der Waals surface area contributed by atoms with Crippen LogP contribution in [0.2, 0.25) is 0 Å². The Morgan fingerprint density at radius 3 is 2.75 bits per heavy atom. The maximum absolute atomic E-state index is 10.9. The summed E-state index contributed by atoms with van der Waals surface area (Å²) in [4.78, 5) is 10.9. The maximum atomic E-state index is 10.9. The predicted molar refractivity (Wildman–Crippen MR) is 55.3 cm³/mol. The van der Waals surface area contributed by atoms with Gasteiger partial charge in [-0.1, -0.05) is 30.3 Å². The van der Waals surface area contributed by atoms with Gasteiger partial charge in [0.15, 0.2) is 0 Å². The molecule has 2 rings (SSSR count). The fraction of sp³-hybridized carbons (Fsp3) is 0.100. The van der Waals surface area contributed by atoms with Crippen LogP contribution >= 0.6 is 11.6 Å². The Morgan fingerprint density at radius 1 is 1.31 bits per heavy atom. The molecule has 82 valence electrons. The fourth-order valence-electron chi connectivity index (χ4n) is 1.12. The zero-order valence-electron chi connectivity index (χ0n) is 8.09. The van der Waals surface area contributed by atoms with E-state index in [0.717, 1.165) is 5.56 Å². The van der Waals surface area contributed by atoms with E-state index in [1.165, 1.54) is 0 Å². The fourth-order valence-corrected chi connectivity index (χ4v) is 1.24. The Labute approximate surface area is 95.9 Å². The highest BCUT2D eigenvalue weighted by molar-refractivity contribution is 6.67. The molecule has 16 heavy (non-hydrogen) atoms. The van der Waals surface area contributed by atoms with Crippen molar-refractivity contribution in [2.24, 2.45) is 0 Å². The van der Waals surface area contributed by atoms with Crippen molar-refractivity contribution >= 4 is 16.8 Å². The minimum atomic E-state index is -0.760. The number of carbonyl (C=O) groups excluding carboxylic acids is 1. The third-order valence-electron chi connectivity index (χ3n) is 1.86. The molecule has 1 aromatic heterocycles. The van der Waals surface area contributed by atoms with Gasteiger partial charge in [0.25, 0.3) is 11.1 Å². The highest BCUT2D eigenvalue weighted by Crippen LogP contribution is 2.16. The maximum Gasteiger partial charge on any atom is 0.288 e. The van der Waals surface area contributed by atoms with E-state index in [0.29, 0.717) is 0 Å². The van der Waals surface area contributed by atoms with Crippen molar-refractivity contribution in [3.05, 3.63) is 41.6 Å². The molecule has 0 atom stereocenters. The molecule has 1 heterocycles. The number of ether oxygens (including phenoxy) is 1. The van der Waals surface area contributed by atoms with Crippen LogP contribution in [0.25, 0.3) is 0 Å². The van der Waals surface area contributed by atoms with Crippen molar-refractivity contribution in [2.75, 3.05) is 0 Å². The summed E-state index contributed by atoms with van der Waals surface area (Å²) in [6.45, 7) is 0.270. The van der Waals surface area contributed by atoms with E-state index in [2.05, 4.69) is 14.9 Å². The van der Waals surface area contributed by atoms with Crippen LogP contribution in [0.1, 0.15) is 16.1 Å². The summed E-state index contributed by atoms with van der Waals surface area (Å²) in [7, 11) is 0. The van der Waals surface area contributed by atoms with Gasteiger partial charge < -0.3 is 4.74 Å². The first-order valence-electron chi connectivity index (χ1n) is 4.46. The van der Waals surface area contributed by atoms with Crippen LogP contribution < -0.4 is 4.74 Å². The molecule has 0 aliphatic rings. The minimum Gasteiger partial charge on any atom is -0.469 e. The molecule has 0 unspecified atom stereocenters. The van der Waals surface area contributed by atoms with Gasteiger partial charge in [-0.25, -0.2) is 4.63 Å². The molecule has 0 aliphatic heterocycles. The van der Waals surface area contributed by atoms with Crippen molar-refractivity contribution in [1.29, 1.82) is 0 Å². The molecule has 0 saturated heterocycles. The lowest BCUT2D eigenvalue weighted by atomic mass is 10.2. The van der Waals surface area contributed by atoms with Crippen molar-refractivity contribution in [2.45, 2.75) is 6.61 Å². The third kappa shape index (κ3) is 2.38. The lowest BCUT2D eigenvalue weighted by Gasteiger charge is -2.01. The Bertz CT molecular complexity index is 484. The molecule has 0 bridgehead atoms. The Balaban J connectivity index is 2.05. The average molecular weight is 239 g/mol. The first-order valence-corrected chi connectivity index (χ1v) is 4.84. The summed E-state index contributed by atoms with van der Waals surface area (Å²) in [5, 5.41) is 6.01. The number of rotatable bonds is 4. The Hall–Kier alpha value is -1.88. The zero-order chi connectivity index (χ0) is 11.4. The lowest BCUT2D eigenvalue weighted by Crippen LogP contribution is -1.99. The second-order valence-corrected chi connectivity index (χ2v) is 3.31. The van der Waals surface area contributed by atoms with Crippen molar-refractivity contribution in [3.63, 3.8) is 0 Å². The highest BCUT2D eigenvalue weighted by atomic mass is 35.5. The smallest absolute Gasteiger partial charge is 0.288 e. The number of hydrogen-bond acceptors (Lipinski definition) is 5. The van der Waals surface area contributed by atoms with Crippen LogP contribution in [0, 0.1) is 0 Å². The van der Waals surface area contributed by atoms with Gasteiger partial charge in [0.2, 0.25) is 5.69 Å². The number of hydrogen-bond donors (Lipinski definition) is 0. The van der Waals surface area contributed by atoms with Crippen LogP contribution in [0.5, 0.6) is 5.88 Å². The Kier molecular flexibility index (Phi) is 3.16. The van der Waals surface area contributed by atoms with Gasteiger partial charge in [-0.15, -0.1) is 0 Å². The summed E-state index contributed by atoms with van der Waals surface area (Å²) in [5.41, 5.74) is 0.830. The molecule has 2 aromatic rings. The van der Waals surface area contributed by atoms with Gasteiger partial charge in [0, 0.05) is 0 Å². The molecule has 5 nitrogen and oxygen atoms in total. The van der Waals surface area contributed by atoms with Crippen LogP contribution in [0.15, 0.2) is 35.0 Å². The molecule has 0 N–H and O–H groups in total. The second-order valence-electron chi connectivity index (χ2n) is 2.97. The quantitative estimate of drug-likeness (QED) is 0.763. The summed E-state index contributed by atoms with van der Waals surface area (Å²) >= 11 is 5.25. The van der Waals surface area contributed by atoms with E-state index in [9.17, 15) is 4.79 Å². The topological polar surface area (TPSA) is 65.2 Å². The first kappa shape index (κ1) is 10.6. The lowest BCUT2D eigenvalue weighted by molar-refractivity contribution is 0.107. The van der Waals surface area contributed by atoms with Gasteiger partial charge in [-0.3, -0.25) is 4.79 Å². The molecule has 1 aromatic carbocycles. The third-order valence-corrected chi connectivity index (χ3v) is 2.04. The molecule has 0 amide bonds. The molecule has 0 aliphatic carbocycles. The number of carbonyl (C=O) groups is 1. The average Bonchev–Trinajstić information content (AvgIpc) is 2.76. The number of benzene rings is 1. The highest BCUT2D eigenvalue weighted by Gasteiger charge is 2.17. The largest absolute Gasteiger partial charge is 0.469 e. The van der Waals surface area contributed by atoms with Gasteiger partial charge in [0.1, 0.15) is 6.61 Å². The second kappa shape index (κ2) is 4.76. The molecule has 0 saturated carbocycles. The number of halogens is 1. The summed E-state index contributed by atoms with van der Waals surface area (Å²) in [6, 6.07) is 9.43. The molecular formula is C10H7ClN2O3. The summed E-state index contributed by atoms with van der Waals surface area (Å²) in [6.07, 6.45) is 0. The molecule has 6 heteroatoms. The van der Waals surface area contributed by atoms with Crippen LogP contribution in [-0.2, 0) is 6.61 Å². The van der Waals surface area contributed by atoms with E-state index in [-0.39, 0.29) is 18.2 Å². The number of nitrogens with zero attached hydrogens (tertiary/aromatic N) is 2. The SMILES string of the molecule is O=C(Cl)c1nonc1OCc1ccccc1. The minimum absolute atomic E-state index is 0.00357. The molecule has 0 radical (unpaired) electrons. The first-order chi connectivity index (χ1) is 7.77. The van der Waals surface area contributed by atoms with E-state index in [1.54, 1.807) is 0 Å². The van der Waals surface area contributed by atoms with Gasteiger partial charge >= 0.3 is 0 Å². The van der Waals surface area contributed by atoms with Crippen LogP contribution in [0.4, 0.5) is 0 Å². The standard InChI is InChI=1S/C10H7ClN2O3/c11-9(14)8-10(13-16-12-8)15-6-7-4-2-1-3-5-7/h1-5H,6H2. The van der Waals surface area contributed by atoms with E-state index < -0.39 is 5.24 Å². The number of aromatic nitrogens is 2. The molecule has 0 fully saturated rings. The monoisotopic (exact) mass is 238 g/mol. The normalized spacial score (nSPS) is 10.1. The van der Waals surface area contributed by atoms with Crippen molar-refractivity contribution in [1.82, 2.24) is 10.3 Å². The van der Waals surface area contributed by atoms with Gasteiger partial charge in [0.05, 0.1) is 0 Å². The van der Waals surface area contributed by atoms with E-state index in [1.807, 2.05) is 30.3 Å². The van der Waals surface area contributed by atoms with Crippen molar-refractivity contribution in [3.8, 4) is 5.88 Å². The van der Waals surface area contributed by atoms with Crippen molar-refractivity contribution < 1.29 is 14.2 Å². The van der Waals surface area contributed by atoms with E-state index >= 15 is 0 Å². The van der Waals surface area contributed by atoms with Crippen LogP contribution in [-0.4, -0.2) is 15.6 Å². The summed E-state index contributed by atoms with van der Waals surface area (Å²) < 4.78 is 9.62.